The topological polar surface area (TPSA) is 55.8 Å². The van der Waals surface area contributed by atoms with E-state index in [1.807, 2.05) is 97.0 Å². The number of nitrogens with zero attached hydrogens (tertiary/aromatic N) is 2. The molecule has 6 nitrogen and oxygen atoms in total. The van der Waals surface area contributed by atoms with Gasteiger partial charge in [-0.1, -0.05) is 132 Å². The van der Waals surface area contributed by atoms with E-state index in [-0.39, 0.29) is 74.3 Å². The van der Waals surface area contributed by atoms with Gasteiger partial charge in [-0.3, -0.25) is 9.59 Å². The second-order valence-corrected chi connectivity index (χ2v) is 13.7. The molecule has 0 aliphatic carbocycles. The van der Waals surface area contributed by atoms with Crippen molar-refractivity contribution >= 4 is 35.7 Å². The van der Waals surface area contributed by atoms with Gasteiger partial charge in [0, 0.05) is 18.0 Å². The Morgan fingerprint density at radius 3 is 1.37 bits per heavy atom. The van der Waals surface area contributed by atoms with Crippen molar-refractivity contribution in [2.75, 3.05) is 54.5 Å². The maximum Gasteiger partial charge on any atom is 0.311 e. The van der Waals surface area contributed by atoms with Crippen LogP contribution in [-0.4, -0.2) is 75.8 Å². The predicted octanol–water partition coefficient (Wildman–Crippen LogP) is 9.30. The summed E-state index contributed by atoms with van der Waals surface area (Å²) in [4.78, 5) is 25.4. The van der Waals surface area contributed by atoms with Crippen LogP contribution in [0.25, 0.3) is 12.2 Å². The van der Waals surface area contributed by atoms with E-state index < -0.39 is 5.41 Å². The first-order valence-corrected chi connectivity index (χ1v) is 16.3. The van der Waals surface area contributed by atoms with Crippen LogP contribution < -0.4 is 12.4 Å². The van der Waals surface area contributed by atoms with Crippen LogP contribution in [0.4, 0.5) is 0 Å². The quantitative estimate of drug-likeness (QED) is 0.103. The first-order valence-electron chi connectivity index (χ1n) is 15.8. The van der Waals surface area contributed by atoms with Crippen molar-refractivity contribution in [1.29, 1.82) is 0 Å². The molecule has 0 bridgehead atoms. The Morgan fingerprint density at radius 2 is 1.06 bits per heavy atom. The Labute approximate surface area is 336 Å². The second-order valence-electron chi connectivity index (χ2n) is 13.4. The number of ether oxygens (including phenoxy) is 2. The molecule has 308 valence electrons. The zero-order valence-electron chi connectivity index (χ0n) is 30.1. The Kier molecular flexibility index (Phi) is 44.3. The van der Waals surface area contributed by atoms with Crippen LogP contribution in [0, 0.1) is 10.8 Å². The molecule has 0 aliphatic rings. The minimum atomic E-state index is -0.391. The predicted molar refractivity (Wildman–Crippen MR) is 232 cm³/mol. The number of carbonyl (C=O) groups excluding carboxylic acids is 2. The second kappa shape index (κ2) is 34.1. The van der Waals surface area contributed by atoms with E-state index in [1.165, 1.54) is 5.56 Å². The molecular formula is C44H84Cl2N2O4. The van der Waals surface area contributed by atoms with Gasteiger partial charge in [0.25, 0.3) is 0 Å². The Morgan fingerprint density at radius 1 is 0.712 bits per heavy atom. The van der Waals surface area contributed by atoms with Crippen molar-refractivity contribution in [1.82, 2.24) is 4.90 Å². The molecule has 8 heteroatoms. The lowest BCUT2D eigenvalue weighted by Crippen LogP contribution is -3.00. The minimum absolute atomic E-state index is 0. The summed E-state index contributed by atoms with van der Waals surface area (Å²) in [5, 5.41) is 0. The molecule has 0 aliphatic heterocycles. The number of hydrogen-bond acceptors (Lipinski definition) is 5. The van der Waals surface area contributed by atoms with E-state index in [0.29, 0.717) is 19.1 Å². The fraction of sp³-hybridized carbons (Fsp3) is 0.591. The summed E-state index contributed by atoms with van der Waals surface area (Å²) in [5.74, 6) is 0.374. The summed E-state index contributed by atoms with van der Waals surface area (Å²) < 4.78 is 11.4. The standard InChI is InChI=1S/C19H30NO2.C10H21NO2.C9H9Cl.6CH4.ClH/c1-7-16-9-11-17(12-10-16)15-20(5,6)13-14-22-18(21)19(3,4)8-2;1-6-10(2,3)9(12)13-8-7-11(4)5;1-2-8-3-5-9(7-10)6-4-8;;;;;;;/h7,9-12H,1,8,13-15H2,2-6H3;6-8H2,1-5H3;2-6H,1,7H2;6*1H4;1H/q+1;;;;;;;;;/p-1. The zero-order chi connectivity index (χ0) is 34.7. The van der Waals surface area contributed by atoms with Gasteiger partial charge in [-0.15, -0.1) is 11.6 Å². The lowest BCUT2D eigenvalue weighted by Gasteiger charge is -2.30. The van der Waals surface area contributed by atoms with Gasteiger partial charge in [-0.05, 0) is 71.3 Å². The van der Waals surface area contributed by atoms with Crippen molar-refractivity contribution in [3.8, 4) is 0 Å². The van der Waals surface area contributed by atoms with Crippen LogP contribution in [0.2, 0.25) is 0 Å². The summed E-state index contributed by atoms with van der Waals surface area (Å²) in [5.41, 5.74) is 3.95. The summed E-state index contributed by atoms with van der Waals surface area (Å²) >= 11 is 5.60. The van der Waals surface area contributed by atoms with Crippen molar-refractivity contribution in [2.45, 2.75) is 111 Å². The summed E-state index contributed by atoms with van der Waals surface area (Å²) in [6.07, 6.45) is 5.27. The van der Waals surface area contributed by atoms with Crippen molar-refractivity contribution in [3.05, 3.63) is 83.9 Å². The number of benzene rings is 2. The molecule has 0 amide bonds. The average molecular weight is 776 g/mol. The van der Waals surface area contributed by atoms with Crippen LogP contribution >= 0.6 is 11.6 Å². The van der Waals surface area contributed by atoms with E-state index in [2.05, 4.69) is 51.5 Å². The van der Waals surface area contributed by atoms with E-state index in [1.54, 1.807) is 0 Å². The molecule has 0 saturated heterocycles. The molecule has 0 N–H and O–H groups in total. The lowest BCUT2D eigenvalue weighted by atomic mass is 9.91. The molecule has 0 radical (unpaired) electrons. The third-order valence-corrected chi connectivity index (χ3v) is 8.08. The molecule has 0 spiro atoms. The van der Waals surface area contributed by atoms with E-state index >= 15 is 0 Å². The van der Waals surface area contributed by atoms with Gasteiger partial charge in [-0.25, -0.2) is 0 Å². The maximum atomic E-state index is 12.0. The van der Waals surface area contributed by atoms with Gasteiger partial charge >= 0.3 is 11.9 Å². The zero-order valence-corrected chi connectivity index (χ0v) is 31.6. The number of hydrogen-bond donors (Lipinski definition) is 0. The third kappa shape index (κ3) is 28.9. The molecule has 0 saturated carbocycles. The molecule has 2 rings (SSSR count). The van der Waals surface area contributed by atoms with Gasteiger partial charge in [0.05, 0.1) is 24.9 Å². The number of rotatable bonds is 15. The number of quaternary nitrogens is 1. The average Bonchev–Trinajstić information content (AvgIpc) is 3.01. The van der Waals surface area contributed by atoms with Crippen molar-refractivity contribution in [3.63, 3.8) is 0 Å². The fourth-order valence-corrected chi connectivity index (χ4v) is 3.64. The summed E-state index contributed by atoms with van der Waals surface area (Å²) in [7, 11) is 8.22. The van der Waals surface area contributed by atoms with Gasteiger partial charge in [-0.2, -0.15) is 0 Å². The van der Waals surface area contributed by atoms with Crippen LogP contribution in [0.1, 0.15) is 121 Å². The molecule has 0 unspecified atom stereocenters. The van der Waals surface area contributed by atoms with Crippen LogP contribution in [0.3, 0.4) is 0 Å². The van der Waals surface area contributed by atoms with Crippen LogP contribution in [0.15, 0.2) is 61.7 Å². The minimum Gasteiger partial charge on any atom is -1.00 e. The van der Waals surface area contributed by atoms with Crippen LogP contribution in [0.5, 0.6) is 0 Å². The van der Waals surface area contributed by atoms with Crippen molar-refractivity contribution in [2.24, 2.45) is 10.8 Å². The molecule has 0 aromatic heterocycles. The van der Waals surface area contributed by atoms with Gasteiger partial charge in [0.15, 0.2) is 0 Å². The molecule has 0 atom stereocenters. The highest BCUT2D eigenvalue weighted by Crippen LogP contribution is 2.22. The largest absolute Gasteiger partial charge is 1.00 e. The Hall–Kier alpha value is -2.64. The number of likely N-dealkylation sites (N-methyl/N-ethyl adjacent to an activating group) is 2. The summed E-state index contributed by atoms with van der Waals surface area (Å²) in [6, 6.07) is 16.4. The van der Waals surface area contributed by atoms with E-state index in [4.69, 9.17) is 21.1 Å². The molecule has 2 aromatic carbocycles. The first-order chi connectivity index (χ1) is 21.0. The SMILES string of the molecule is C.C.C.C.C.C.C=Cc1ccc(CCl)cc1.C=Cc1ccc(C[N+](C)(C)CCOC(=O)C(C)(C)CC)cc1.CCC(C)(C)C(=O)OCCN(C)C.[Cl-]. The normalized spacial score (nSPS) is 9.85. The number of halogens is 2. The Balaban J connectivity index is -0.0000000938. The highest BCUT2D eigenvalue weighted by atomic mass is 35.5. The smallest absolute Gasteiger partial charge is 0.311 e. The lowest BCUT2D eigenvalue weighted by molar-refractivity contribution is -0.903. The van der Waals surface area contributed by atoms with Crippen LogP contribution in [-0.2, 0) is 31.5 Å². The van der Waals surface area contributed by atoms with Gasteiger partial charge in [0.1, 0.15) is 26.3 Å². The summed E-state index contributed by atoms with van der Waals surface area (Å²) in [6.45, 7) is 22.5. The number of alkyl halides is 1. The maximum absolute atomic E-state index is 12.0. The molecular weight excluding hydrogens is 691 g/mol. The highest BCUT2D eigenvalue weighted by Gasteiger charge is 2.28. The molecule has 2 aromatic rings. The molecule has 0 heterocycles. The van der Waals surface area contributed by atoms with Crippen molar-refractivity contribution < 1.29 is 36.0 Å². The molecule has 0 fully saturated rings. The number of carbonyl (C=O) groups is 2. The third-order valence-electron chi connectivity index (χ3n) is 7.77. The Bertz CT molecular complexity index is 1160. The first kappa shape index (κ1) is 67.5. The van der Waals surface area contributed by atoms with Gasteiger partial charge in [0.2, 0.25) is 0 Å². The number of esters is 2. The monoisotopic (exact) mass is 775 g/mol. The van der Waals surface area contributed by atoms with E-state index in [9.17, 15) is 9.59 Å². The van der Waals surface area contributed by atoms with Gasteiger partial charge < -0.3 is 31.3 Å². The molecule has 52 heavy (non-hydrogen) atoms. The highest BCUT2D eigenvalue weighted by molar-refractivity contribution is 6.17. The van der Waals surface area contributed by atoms with E-state index in [0.717, 1.165) is 53.6 Å². The fourth-order valence-electron chi connectivity index (χ4n) is 3.46.